The van der Waals surface area contributed by atoms with E-state index in [0.717, 1.165) is 32.3 Å². The lowest BCUT2D eigenvalue weighted by molar-refractivity contribution is -0.151. The number of carbonyl (C=O) groups is 1. The van der Waals surface area contributed by atoms with Crippen LogP contribution >= 0.6 is 0 Å². The lowest BCUT2D eigenvalue weighted by atomic mass is 9.96. The average molecular weight is 229 g/mol. The quantitative estimate of drug-likeness (QED) is 0.528. The lowest BCUT2D eigenvalue weighted by Crippen LogP contribution is -2.27. The number of rotatable bonds is 7. The minimum Gasteiger partial charge on any atom is -0.463 e. The van der Waals surface area contributed by atoms with Crippen molar-refractivity contribution in [3.8, 4) is 0 Å². The number of ether oxygens (including phenoxy) is 2. The van der Waals surface area contributed by atoms with Crippen LogP contribution in [0.5, 0.6) is 0 Å². The van der Waals surface area contributed by atoms with Crippen LogP contribution in [0.15, 0.2) is 0 Å². The van der Waals surface area contributed by atoms with Gasteiger partial charge in [0.05, 0.1) is 12.5 Å². The zero-order valence-electron chi connectivity index (χ0n) is 10.1. The van der Waals surface area contributed by atoms with E-state index in [2.05, 4.69) is 6.92 Å². The van der Waals surface area contributed by atoms with Gasteiger partial charge in [0, 0.05) is 6.61 Å². The van der Waals surface area contributed by atoms with Gasteiger partial charge in [-0.25, -0.2) is 0 Å². The maximum atomic E-state index is 11.7. The predicted octanol–water partition coefficient (Wildman–Crippen LogP) is 1.33. The second-order valence-corrected chi connectivity index (χ2v) is 4.31. The van der Waals surface area contributed by atoms with Gasteiger partial charge in [-0.1, -0.05) is 13.3 Å². The molecule has 1 aliphatic rings. The van der Waals surface area contributed by atoms with Crippen molar-refractivity contribution in [2.75, 3.05) is 26.4 Å². The molecule has 2 unspecified atom stereocenters. The van der Waals surface area contributed by atoms with Gasteiger partial charge in [0.1, 0.15) is 6.61 Å². The third-order valence-corrected chi connectivity index (χ3v) is 3.09. The molecule has 1 rings (SSSR count). The smallest absolute Gasteiger partial charge is 0.309 e. The monoisotopic (exact) mass is 229 g/mol. The Kier molecular flexibility index (Phi) is 6.42. The van der Waals surface area contributed by atoms with Crippen LogP contribution in [0, 0.1) is 11.8 Å². The van der Waals surface area contributed by atoms with E-state index in [1.165, 1.54) is 0 Å². The SMILES string of the molecule is CCCOCCOC(=O)C1CCCC1CN. The zero-order chi connectivity index (χ0) is 11.8. The molecule has 0 aromatic rings. The molecule has 2 N–H and O–H groups in total. The number of hydrogen-bond donors (Lipinski definition) is 1. The molecule has 2 atom stereocenters. The zero-order valence-corrected chi connectivity index (χ0v) is 10.1. The number of nitrogens with two attached hydrogens (primary N) is 1. The van der Waals surface area contributed by atoms with Gasteiger partial charge in [0.2, 0.25) is 0 Å². The topological polar surface area (TPSA) is 61.5 Å². The highest BCUT2D eigenvalue weighted by molar-refractivity contribution is 5.73. The number of esters is 1. The molecular formula is C12H23NO3. The predicted molar refractivity (Wildman–Crippen MR) is 62.0 cm³/mol. The van der Waals surface area contributed by atoms with E-state index in [4.69, 9.17) is 15.2 Å². The Bertz CT molecular complexity index is 208. The van der Waals surface area contributed by atoms with Crippen LogP contribution in [0.25, 0.3) is 0 Å². The van der Waals surface area contributed by atoms with Crippen LogP contribution in [0.3, 0.4) is 0 Å². The largest absolute Gasteiger partial charge is 0.463 e. The van der Waals surface area contributed by atoms with Gasteiger partial charge in [-0.2, -0.15) is 0 Å². The molecule has 0 bridgehead atoms. The molecule has 0 radical (unpaired) electrons. The van der Waals surface area contributed by atoms with Gasteiger partial charge in [-0.05, 0) is 31.7 Å². The maximum Gasteiger partial charge on any atom is 0.309 e. The molecule has 0 aromatic carbocycles. The summed E-state index contributed by atoms with van der Waals surface area (Å²) in [4.78, 5) is 11.7. The molecule has 94 valence electrons. The van der Waals surface area contributed by atoms with Crippen molar-refractivity contribution in [3.05, 3.63) is 0 Å². The van der Waals surface area contributed by atoms with E-state index < -0.39 is 0 Å². The van der Waals surface area contributed by atoms with Crippen molar-refractivity contribution in [3.63, 3.8) is 0 Å². The van der Waals surface area contributed by atoms with Crippen molar-refractivity contribution in [1.29, 1.82) is 0 Å². The van der Waals surface area contributed by atoms with E-state index in [1.54, 1.807) is 0 Å². The third-order valence-electron chi connectivity index (χ3n) is 3.09. The van der Waals surface area contributed by atoms with Gasteiger partial charge in [-0.3, -0.25) is 4.79 Å². The van der Waals surface area contributed by atoms with E-state index in [9.17, 15) is 4.79 Å². The summed E-state index contributed by atoms with van der Waals surface area (Å²) in [6.07, 6.45) is 4.07. The lowest BCUT2D eigenvalue weighted by Gasteiger charge is -2.16. The second-order valence-electron chi connectivity index (χ2n) is 4.31. The van der Waals surface area contributed by atoms with Gasteiger partial charge < -0.3 is 15.2 Å². The maximum absolute atomic E-state index is 11.7. The molecule has 4 nitrogen and oxygen atoms in total. The first-order valence-electron chi connectivity index (χ1n) is 6.24. The van der Waals surface area contributed by atoms with Crippen LogP contribution in [0.1, 0.15) is 32.6 Å². The molecule has 1 aliphatic carbocycles. The molecule has 4 heteroatoms. The summed E-state index contributed by atoms with van der Waals surface area (Å²) in [5, 5.41) is 0. The number of hydrogen-bond acceptors (Lipinski definition) is 4. The van der Waals surface area contributed by atoms with E-state index >= 15 is 0 Å². The Labute approximate surface area is 97.5 Å². The second kappa shape index (κ2) is 7.63. The summed E-state index contributed by atoms with van der Waals surface area (Å²) >= 11 is 0. The first-order chi connectivity index (χ1) is 7.79. The Hall–Kier alpha value is -0.610. The van der Waals surface area contributed by atoms with Gasteiger partial charge in [0.25, 0.3) is 0 Å². The van der Waals surface area contributed by atoms with E-state index in [-0.39, 0.29) is 11.9 Å². The van der Waals surface area contributed by atoms with Gasteiger partial charge >= 0.3 is 5.97 Å². The molecular weight excluding hydrogens is 206 g/mol. The standard InChI is InChI=1S/C12H23NO3/c1-2-6-15-7-8-16-12(14)11-5-3-4-10(11)9-13/h10-11H,2-9,13H2,1H3. The summed E-state index contributed by atoms with van der Waals surface area (Å²) in [6, 6.07) is 0. The molecule has 1 fully saturated rings. The fourth-order valence-electron chi connectivity index (χ4n) is 2.18. The van der Waals surface area contributed by atoms with Crippen molar-refractivity contribution in [2.24, 2.45) is 17.6 Å². The normalized spacial score (nSPS) is 24.6. The van der Waals surface area contributed by atoms with E-state index in [0.29, 0.717) is 25.7 Å². The fraction of sp³-hybridized carbons (Fsp3) is 0.917. The molecule has 0 spiro atoms. The Balaban J connectivity index is 2.14. The van der Waals surface area contributed by atoms with Crippen molar-refractivity contribution in [2.45, 2.75) is 32.6 Å². The molecule has 16 heavy (non-hydrogen) atoms. The number of carbonyl (C=O) groups excluding carboxylic acids is 1. The molecule has 0 heterocycles. The van der Waals surface area contributed by atoms with Gasteiger partial charge in [-0.15, -0.1) is 0 Å². The summed E-state index contributed by atoms with van der Waals surface area (Å²) in [7, 11) is 0. The minimum atomic E-state index is -0.0898. The van der Waals surface area contributed by atoms with Crippen molar-refractivity contribution in [1.82, 2.24) is 0 Å². The van der Waals surface area contributed by atoms with E-state index in [1.807, 2.05) is 0 Å². The third kappa shape index (κ3) is 4.10. The average Bonchev–Trinajstić information content (AvgIpc) is 2.76. The molecule has 0 saturated heterocycles. The Morgan fingerprint density at radius 3 is 2.81 bits per heavy atom. The summed E-state index contributed by atoms with van der Waals surface area (Å²) in [5.41, 5.74) is 5.62. The fourth-order valence-corrected chi connectivity index (χ4v) is 2.18. The first-order valence-corrected chi connectivity index (χ1v) is 6.24. The van der Waals surface area contributed by atoms with Crippen LogP contribution in [0.4, 0.5) is 0 Å². The molecule has 0 aromatic heterocycles. The highest BCUT2D eigenvalue weighted by Gasteiger charge is 2.32. The Morgan fingerprint density at radius 2 is 2.12 bits per heavy atom. The molecule has 0 amide bonds. The highest BCUT2D eigenvalue weighted by Crippen LogP contribution is 2.31. The van der Waals surface area contributed by atoms with Crippen molar-refractivity contribution >= 4 is 5.97 Å². The highest BCUT2D eigenvalue weighted by atomic mass is 16.6. The minimum absolute atomic E-state index is 0.0242. The summed E-state index contributed by atoms with van der Waals surface area (Å²) in [6.45, 7) is 4.24. The van der Waals surface area contributed by atoms with Crippen LogP contribution in [-0.4, -0.2) is 32.3 Å². The van der Waals surface area contributed by atoms with Crippen molar-refractivity contribution < 1.29 is 14.3 Å². The molecule has 0 aliphatic heterocycles. The van der Waals surface area contributed by atoms with Crippen LogP contribution in [-0.2, 0) is 14.3 Å². The van der Waals surface area contributed by atoms with Gasteiger partial charge in [0.15, 0.2) is 0 Å². The van der Waals surface area contributed by atoms with Crippen LogP contribution < -0.4 is 5.73 Å². The Morgan fingerprint density at radius 1 is 1.31 bits per heavy atom. The molecule has 1 saturated carbocycles. The summed E-state index contributed by atoms with van der Waals surface area (Å²) in [5.74, 6) is 0.258. The van der Waals surface area contributed by atoms with Crippen LogP contribution in [0.2, 0.25) is 0 Å². The first kappa shape index (κ1) is 13.5. The summed E-state index contributed by atoms with van der Waals surface area (Å²) < 4.78 is 10.4.